The maximum Gasteiger partial charge on any atom is 0.338 e. The highest BCUT2D eigenvalue weighted by molar-refractivity contribution is 5.99. The quantitative estimate of drug-likeness (QED) is 0.618. The van der Waals surface area contributed by atoms with Crippen LogP contribution >= 0.6 is 0 Å². The van der Waals surface area contributed by atoms with Gasteiger partial charge >= 0.3 is 11.9 Å². The summed E-state index contributed by atoms with van der Waals surface area (Å²) in [4.78, 5) is 22.8. The molecule has 0 atom stereocenters. The summed E-state index contributed by atoms with van der Waals surface area (Å²) < 4.78 is 9.76. The SMILES string of the molecule is COC(=O)c1cc(OC(C)=O)c2cc(C#N)ccc2c1. The first-order valence-corrected chi connectivity index (χ1v) is 5.80. The molecule has 0 radical (unpaired) electrons. The number of benzene rings is 2. The van der Waals surface area contributed by atoms with Gasteiger partial charge in [0.05, 0.1) is 24.3 Å². The molecule has 0 aromatic heterocycles. The fourth-order valence-electron chi connectivity index (χ4n) is 1.87. The van der Waals surface area contributed by atoms with Crippen molar-refractivity contribution in [1.82, 2.24) is 0 Å². The highest BCUT2D eigenvalue weighted by atomic mass is 16.5. The smallest absolute Gasteiger partial charge is 0.338 e. The third kappa shape index (κ3) is 2.59. The van der Waals surface area contributed by atoms with E-state index in [0.29, 0.717) is 16.3 Å². The van der Waals surface area contributed by atoms with Gasteiger partial charge in [0.2, 0.25) is 0 Å². The molecule has 5 heteroatoms. The molecule has 0 N–H and O–H groups in total. The van der Waals surface area contributed by atoms with Crippen molar-refractivity contribution in [3.05, 3.63) is 41.5 Å². The van der Waals surface area contributed by atoms with E-state index in [1.807, 2.05) is 6.07 Å². The Kier molecular flexibility index (Phi) is 3.67. The number of hydrogen-bond donors (Lipinski definition) is 0. The van der Waals surface area contributed by atoms with E-state index in [1.54, 1.807) is 24.3 Å². The monoisotopic (exact) mass is 269 g/mol. The van der Waals surface area contributed by atoms with Gasteiger partial charge in [0.25, 0.3) is 0 Å². The van der Waals surface area contributed by atoms with Gasteiger partial charge in [-0.15, -0.1) is 0 Å². The topological polar surface area (TPSA) is 76.4 Å². The van der Waals surface area contributed by atoms with E-state index in [4.69, 9.17) is 10.00 Å². The van der Waals surface area contributed by atoms with Crippen LogP contribution in [0, 0.1) is 11.3 Å². The molecule has 0 bridgehead atoms. The molecular weight excluding hydrogens is 258 g/mol. The van der Waals surface area contributed by atoms with Crippen LogP contribution in [0.15, 0.2) is 30.3 Å². The van der Waals surface area contributed by atoms with Crippen LogP contribution < -0.4 is 4.74 Å². The van der Waals surface area contributed by atoms with Crippen LogP contribution in [0.3, 0.4) is 0 Å². The van der Waals surface area contributed by atoms with Crippen LogP contribution in [-0.2, 0) is 9.53 Å². The second kappa shape index (κ2) is 5.41. The summed E-state index contributed by atoms with van der Waals surface area (Å²) in [5, 5.41) is 10.2. The maximum absolute atomic E-state index is 11.6. The number of nitriles is 1. The normalized spacial score (nSPS) is 9.85. The van der Waals surface area contributed by atoms with Gasteiger partial charge in [0, 0.05) is 12.3 Å². The van der Waals surface area contributed by atoms with Crippen LogP contribution in [0.1, 0.15) is 22.8 Å². The van der Waals surface area contributed by atoms with Gasteiger partial charge in [-0.3, -0.25) is 4.79 Å². The Morgan fingerprint density at radius 3 is 2.55 bits per heavy atom. The average Bonchev–Trinajstić information content (AvgIpc) is 2.45. The predicted molar refractivity (Wildman–Crippen MR) is 71.3 cm³/mol. The van der Waals surface area contributed by atoms with Crippen LogP contribution in [0.5, 0.6) is 5.75 Å². The molecule has 0 aliphatic carbocycles. The van der Waals surface area contributed by atoms with Gasteiger partial charge < -0.3 is 9.47 Å². The third-order valence-corrected chi connectivity index (χ3v) is 2.72. The van der Waals surface area contributed by atoms with E-state index in [2.05, 4.69) is 4.74 Å². The summed E-state index contributed by atoms with van der Waals surface area (Å²) in [6, 6.07) is 9.98. The fourth-order valence-corrected chi connectivity index (χ4v) is 1.87. The van der Waals surface area contributed by atoms with Crippen molar-refractivity contribution in [2.45, 2.75) is 6.92 Å². The number of esters is 2. The number of nitrogens with zero attached hydrogens (tertiary/aromatic N) is 1. The minimum atomic E-state index is -0.523. The van der Waals surface area contributed by atoms with Crippen molar-refractivity contribution >= 4 is 22.7 Å². The molecule has 2 aromatic carbocycles. The van der Waals surface area contributed by atoms with Gasteiger partial charge in [0.15, 0.2) is 0 Å². The zero-order valence-electron chi connectivity index (χ0n) is 11.0. The summed E-state index contributed by atoms with van der Waals surface area (Å²) in [6.45, 7) is 1.27. The first-order chi connectivity index (χ1) is 9.55. The highest BCUT2D eigenvalue weighted by Gasteiger charge is 2.13. The molecule has 0 fully saturated rings. The summed E-state index contributed by atoms with van der Waals surface area (Å²) in [6.07, 6.45) is 0. The van der Waals surface area contributed by atoms with Crippen LogP contribution in [0.4, 0.5) is 0 Å². The number of fused-ring (bicyclic) bond motifs is 1. The van der Waals surface area contributed by atoms with E-state index in [9.17, 15) is 9.59 Å². The van der Waals surface area contributed by atoms with E-state index < -0.39 is 11.9 Å². The molecule has 0 spiro atoms. The zero-order chi connectivity index (χ0) is 14.7. The molecule has 2 aromatic rings. The van der Waals surface area contributed by atoms with Gasteiger partial charge in [-0.1, -0.05) is 6.07 Å². The predicted octanol–water partition coefficient (Wildman–Crippen LogP) is 2.42. The minimum Gasteiger partial charge on any atom is -0.465 e. The Morgan fingerprint density at radius 2 is 1.95 bits per heavy atom. The molecule has 0 unspecified atom stereocenters. The van der Waals surface area contributed by atoms with Gasteiger partial charge in [-0.2, -0.15) is 5.26 Å². The standard InChI is InChI=1S/C15H11NO4/c1-9(17)20-14-7-12(15(18)19-2)6-11-4-3-10(8-16)5-13(11)14/h3-7H,1-2H3. The lowest BCUT2D eigenvalue weighted by Gasteiger charge is -2.09. The van der Waals surface area contributed by atoms with E-state index in [1.165, 1.54) is 20.1 Å². The van der Waals surface area contributed by atoms with Crippen LogP contribution in [-0.4, -0.2) is 19.0 Å². The second-order valence-corrected chi connectivity index (χ2v) is 4.11. The van der Waals surface area contributed by atoms with Crippen LogP contribution in [0.2, 0.25) is 0 Å². The molecule has 0 saturated carbocycles. The Balaban J connectivity index is 2.71. The molecule has 0 heterocycles. The number of carbonyl (C=O) groups excluding carboxylic acids is 2. The Morgan fingerprint density at radius 1 is 1.20 bits per heavy atom. The first kappa shape index (κ1) is 13.6. The number of carbonyl (C=O) groups is 2. The molecule has 2 rings (SSSR count). The first-order valence-electron chi connectivity index (χ1n) is 5.80. The van der Waals surface area contributed by atoms with Crippen molar-refractivity contribution in [2.24, 2.45) is 0 Å². The van der Waals surface area contributed by atoms with Gasteiger partial charge in [0.1, 0.15) is 5.75 Å². The lowest BCUT2D eigenvalue weighted by atomic mass is 10.0. The minimum absolute atomic E-state index is 0.229. The Bertz CT molecular complexity index is 743. The molecule has 0 aliphatic rings. The summed E-state index contributed by atoms with van der Waals surface area (Å²) in [7, 11) is 1.27. The van der Waals surface area contributed by atoms with E-state index in [0.717, 1.165) is 0 Å². The van der Waals surface area contributed by atoms with Crippen LogP contribution in [0.25, 0.3) is 10.8 Å². The highest BCUT2D eigenvalue weighted by Crippen LogP contribution is 2.29. The van der Waals surface area contributed by atoms with Gasteiger partial charge in [-0.05, 0) is 29.7 Å². The van der Waals surface area contributed by atoms with Crippen molar-refractivity contribution in [3.63, 3.8) is 0 Å². The number of methoxy groups -OCH3 is 1. The van der Waals surface area contributed by atoms with E-state index >= 15 is 0 Å². The molecule has 0 saturated heterocycles. The Labute approximate surface area is 115 Å². The number of rotatable bonds is 2. The number of hydrogen-bond acceptors (Lipinski definition) is 5. The maximum atomic E-state index is 11.6. The number of ether oxygens (including phenoxy) is 2. The molecule has 20 heavy (non-hydrogen) atoms. The summed E-state index contributed by atoms with van der Waals surface area (Å²) >= 11 is 0. The van der Waals surface area contributed by atoms with E-state index in [-0.39, 0.29) is 11.3 Å². The molecule has 5 nitrogen and oxygen atoms in total. The van der Waals surface area contributed by atoms with Crippen molar-refractivity contribution in [3.8, 4) is 11.8 Å². The lowest BCUT2D eigenvalue weighted by Crippen LogP contribution is -2.05. The molecule has 0 amide bonds. The molecule has 100 valence electrons. The summed E-state index contributed by atoms with van der Waals surface area (Å²) in [5.74, 6) is -0.798. The van der Waals surface area contributed by atoms with Crippen molar-refractivity contribution < 1.29 is 19.1 Å². The van der Waals surface area contributed by atoms with Crippen molar-refractivity contribution in [1.29, 1.82) is 5.26 Å². The largest absolute Gasteiger partial charge is 0.465 e. The average molecular weight is 269 g/mol. The zero-order valence-corrected chi connectivity index (χ0v) is 11.0. The molecular formula is C15H11NO4. The fraction of sp³-hybridized carbons (Fsp3) is 0.133. The summed E-state index contributed by atoms with van der Waals surface area (Å²) in [5.41, 5.74) is 0.720. The van der Waals surface area contributed by atoms with Crippen molar-refractivity contribution in [2.75, 3.05) is 7.11 Å². The Hall–Kier alpha value is -2.87. The lowest BCUT2D eigenvalue weighted by molar-refractivity contribution is -0.131. The second-order valence-electron chi connectivity index (χ2n) is 4.11. The third-order valence-electron chi connectivity index (χ3n) is 2.72. The van der Waals surface area contributed by atoms with Gasteiger partial charge in [-0.25, -0.2) is 4.79 Å². The molecule has 0 aliphatic heterocycles.